The van der Waals surface area contributed by atoms with Gasteiger partial charge in [-0.2, -0.15) is 0 Å². The van der Waals surface area contributed by atoms with Crippen LogP contribution >= 0.6 is 0 Å². The number of benzene rings is 1. The Bertz CT molecular complexity index is 658. The van der Waals surface area contributed by atoms with Crippen molar-refractivity contribution in [2.45, 2.75) is 33.1 Å². The van der Waals surface area contributed by atoms with Crippen LogP contribution in [0.25, 0.3) is 11.1 Å². The average Bonchev–Trinajstić information content (AvgIpc) is 2.40. The molecule has 2 heteroatoms. The molecule has 0 fully saturated rings. The summed E-state index contributed by atoms with van der Waals surface area (Å²) in [5.74, 6) is 0.293. The Morgan fingerprint density at radius 3 is 2.63 bits per heavy atom. The number of nitrogens with zero attached hydrogens (tertiary/aromatic N) is 1. The van der Waals surface area contributed by atoms with Gasteiger partial charge < -0.3 is 0 Å². The van der Waals surface area contributed by atoms with Crippen LogP contribution < -0.4 is 0 Å². The van der Waals surface area contributed by atoms with Crippen LogP contribution in [0.5, 0.6) is 0 Å². The van der Waals surface area contributed by atoms with Gasteiger partial charge >= 0.3 is 0 Å². The van der Waals surface area contributed by atoms with E-state index < -0.39 is 0 Å². The van der Waals surface area contributed by atoms with E-state index >= 15 is 0 Å². The summed E-state index contributed by atoms with van der Waals surface area (Å²) >= 11 is 0. The molecule has 0 aliphatic heterocycles. The lowest BCUT2D eigenvalue weighted by atomic mass is 9.84. The first-order chi connectivity index (χ1) is 9.16. The molecule has 0 bridgehead atoms. The van der Waals surface area contributed by atoms with Crippen molar-refractivity contribution in [2.24, 2.45) is 0 Å². The summed E-state index contributed by atoms with van der Waals surface area (Å²) in [6, 6.07) is 8.20. The molecule has 2 aromatic rings. The normalized spacial score (nSPS) is 14.3. The molecule has 0 N–H and O–H groups in total. The minimum atomic E-state index is 0.293. The summed E-state index contributed by atoms with van der Waals surface area (Å²) in [6.45, 7) is 4.13. The van der Waals surface area contributed by atoms with E-state index in [2.05, 4.69) is 24.0 Å². The quantitative estimate of drug-likeness (QED) is 0.769. The highest BCUT2D eigenvalue weighted by Gasteiger charge is 2.20. The number of pyridine rings is 1. The minimum absolute atomic E-state index is 0.293. The highest BCUT2D eigenvalue weighted by molar-refractivity contribution is 5.99. The zero-order chi connectivity index (χ0) is 13.4. The number of hydrogen-bond donors (Lipinski definition) is 0. The van der Waals surface area contributed by atoms with Crippen molar-refractivity contribution in [2.75, 3.05) is 0 Å². The van der Waals surface area contributed by atoms with Gasteiger partial charge in [-0.3, -0.25) is 9.78 Å². The van der Waals surface area contributed by atoms with Crippen molar-refractivity contribution in [3.63, 3.8) is 0 Å². The number of fused-ring (bicyclic) bond motifs is 1. The van der Waals surface area contributed by atoms with Crippen molar-refractivity contribution in [3.05, 3.63) is 52.8 Å². The van der Waals surface area contributed by atoms with E-state index in [-0.39, 0.29) is 0 Å². The van der Waals surface area contributed by atoms with Crippen LogP contribution in [0.15, 0.2) is 30.5 Å². The Balaban J connectivity index is 2.17. The Hall–Kier alpha value is -1.96. The first-order valence-corrected chi connectivity index (χ1v) is 6.75. The van der Waals surface area contributed by atoms with Gasteiger partial charge in [-0.15, -0.1) is 0 Å². The molecule has 2 nitrogen and oxygen atoms in total. The maximum Gasteiger partial charge on any atom is 0.163 e. The largest absolute Gasteiger partial charge is 0.294 e. The number of carbonyl (C=O) groups excluding carboxylic acids is 1. The van der Waals surface area contributed by atoms with Crippen LogP contribution in [0.1, 0.15) is 40.0 Å². The zero-order valence-electron chi connectivity index (χ0n) is 11.4. The smallest absolute Gasteiger partial charge is 0.163 e. The Morgan fingerprint density at radius 1 is 1.05 bits per heavy atom. The van der Waals surface area contributed by atoms with Gasteiger partial charge in [0.05, 0.1) is 0 Å². The highest BCUT2D eigenvalue weighted by Crippen LogP contribution is 2.32. The summed E-state index contributed by atoms with van der Waals surface area (Å²) in [5.41, 5.74) is 6.84. The molecule has 1 aliphatic carbocycles. The zero-order valence-corrected chi connectivity index (χ0v) is 11.4. The van der Waals surface area contributed by atoms with Crippen molar-refractivity contribution in [3.8, 4) is 11.1 Å². The van der Waals surface area contributed by atoms with Gasteiger partial charge in [0.1, 0.15) is 0 Å². The van der Waals surface area contributed by atoms with E-state index in [4.69, 9.17) is 0 Å². The van der Waals surface area contributed by atoms with Gasteiger partial charge in [-0.05, 0) is 61.1 Å². The predicted molar refractivity (Wildman–Crippen MR) is 76.4 cm³/mol. The summed E-state index contributed by atoms with van der Waals surface area (Å²) in [4.78, 5) is 16.2. The fourth-order valence-corrected chi connectivity index (χ4v) is 2.93. The summed E-state index contributed by atoms with van der Waals surface area (Å²) in [6.07, 6.45) is 4.53. The maximum atomic E-state index is 11.9. The van der Waals surface area contributed by atoms with Crippen LogP contribution in [0, 0.1) is 13.8 Å². The third kappa shape index (κ3) is 2.07. The third-order valence-corrected chi connectivity index (χ3v) is 3.94. The average molecular weight is 251 g/mol. The van der Waals surface area contributed by atoms with Crippen LogP contribution in [-0.4, -0.2) is 10.8 Å². The van der Waals surface area contributed by atoms with Crippen molar-refractivity contribution in [1.29, 1.82) is 0 Å². The van der Waals surface area contributed by atoms with Gasteiger partial charge in [0.2, 0.25) is 0 Å². The van der Waals surface area contributed by atoms with Gasteiger partial charge in [-0.25, -0.2) is 0 Å². The van der Waals surface area contributed by atoms with E-state index in [1.165, 1.54) is 22.3 Å². The lowest BCUT2D eigenvalue weighted by Crippen LogP contribution is -2.12. The SMILES string of the molecule is Cc1cc(-c2ccc3c(c2C)CCCC3=O)ccn1. The molecule has 19 heavy (non-hydrogen) atoms. The molecule has 0 radical (unpaired) electrons. The number of hydrogen-bond acceptors (Lipinski definition) is 2. The standard InChI is InChI=1S/C17H17NO/c1-11-10-13(8-9-18-11)14-6-7-16-15(12(14)2)4-3-5-17(16)19/h6-10H,3-5H2,1-2H3. The van der Waals surface area contributed by atoms with Crippen LogP contribution in [0.4, 0.5) is 0 Å². The van der Waals surface area contributed by atoms with Gasteiger partial charge in [0, 0.05) is 23.9 Å². The van der Waals surface area contributed by atoms with Gasteiger partial charge in [0.25, 0.3) is 0 Å². The fourth-order valence-electron chi connectivity index (χ4n) is 2.93. The second-order valence-corrected chi connectivity index (χ2v) is 5.23. The van der Waals surface area contributed by atoms with Crippen LogP contribution in [0.3, 0.4) is 0 Å². The first kappa shape index (κ1) is 12.1. The molecule has 0 unspecified atom stereocenters. The first-order valence-electron chi connectivity index (χ1n) is 6.75. The number of ketones is 1. The molecule has 0 saturated heterocycles. The van der Waals surface area contributed by atoms with E-state index in [1.54, 1.807) is 0 Å². The molecule has 1 aliphatic rings. The number of aromatic nitrogens is 1. The second-order valence-electron chi connectivity index (χ2n) is 5.23. The summed E-state index contributed by atoms with van der Waals surface area (Å²) < 4.78 is 0. The minimum Gasteiger partial charge on any atom is -0.294 e. The van der Waals surface area contributed by atoms with E-state index in [0.717, 1.165) is 24.1 Å². The van der Waals surface area contributed by atoms with Gasteiger partial charge in [-0.1, -0.05) is 12.1 Å². The molecule has 0 atom stereocenters. The van der Waals surface area contributed by atoms with E-state index in [1.807, 2.05) is 25.3 Å². The topological polar surface area (TPSA) is 30.0 Å². The van der Waals surface area contributed by atoms with E-state index in [0.29, 0.717) is 12.2 Å². The summed E-state index contributed by atoms with van der Waals surface area (Å²) in [5, 5.41) is 0. The molecule has 1 heterocycles. The van der Waals surface area contributed by atoms with Gasteiger partial charge in [0.15, 0.2) is 5.78 Å². The number of Topliss-reactive ketones (excluding diaryl/α,β-unsaturated/α-hetero) is 1. The Morgan fingerprint density at radius 2 is 1.84 bits per heavy atom. The Labute approximate surface area is 113 Å². The molecule has 0 amide bonds. The Kier molecular flexibility index (Phi) is 2.94. The maximum absolute atomic E-state index is 11.9. The van der Waals surface area contributed by atoms with Crippen molar-refractivity contribution < 1.29 is 4.79 Å². The lowest BCUT2D eigenvalue weighted by molar-refractivity contribution is 0.0972. The lowest BCUT2D eigenvalue weighted by Gasteiger charge is -2.19. The van der Waals surface area contributed by atoms with E-state index in [9.17, 15) is 4.79 Å². The van der Waals surface area contributed by atoms with Crippen molar-refractivity contribution >= 4 is 5.78 Å². The molecule has 0 saturated carbocycles. The highest BCUT2D eigenvalue weighted by atomic mass is 16.1. The fraction of sp³-hybridized carbons (Fsp3) is 0.294. The number of carbonyl (C=O) groups is 1. The third-order valence-electron chi connectivity index (χ3n) is 3.94. The van der Waals surface area contributed by atoms with Crippen LogP contribution in [0.2, 0.25) is 0 Å². The second kappa shape index (κ2) is 4.61. The molecule has 96 valence electrons. The molecule has 0 spiro atoms. The number of aryl methyl sites for hydroxylation is 1. The van der Waals surface area contributed by atoms with Crippen molar-refractivity contribution in [1.82, 2.24) is 4.98 Å². The predicted octanol–water partition coefficient (Wildman–Crippen LogP) is 3.88. The van der Waals surface area contributed by atoms with Crippen LogP contribution in [-0.2, 0) is 6.42 Å². The molecule has 1 aromatic carbocycles. The molecule has 1 aromatic heterocycles. The summed E-state index contributed by atoms with van der Waals surface area (Å²) in [7, 11) is 0. The molecular weight excluding hydrogens is 234 g/mol. The molecular formula is C17H17NO. The molecule has 3 rings (SSSR count). The number of rotatable bonds is 1. The monoisotopic (exact) mass is 251 g/mol.